The molecule has 3 rings (SSSR count). The number of nitrogens with one attached hydrogen (secondary N) is 2. The smallest absolute Gasteiger partial charge is 0.325 e. The lowest BCUT2D eigenvalue weighted by atomic mass is 9.88. The van der Waals surface area contributed by atoms with Gasteiger partial charge in [-0.3, -0.25) is 14.5 Å². The molecule has 7 nitrogen and oxygen atoms in total. The molecule has 1 aromatic carbocycles. The number of urea groups is 1. The molecule has 0 atom stereocenters. The normalized spacial score (nSPS) is 18.5. The lowest BCUT2D eigenvalue weighted by Crippen LogP contribution is -2.47. The van der Waals surface area contributed by atoms with Crippen molar-refractivity contribution < 1.29 is 14.4 Å². The highest BCUT2D eigenvalue weighted by molar-refractivity contribution is 6.10. The minimum atomic E-state index is -0.863. The van der Waals surface area contributed by atoms with Gasteiger partial charge >= 0.3 is 6.03 Å². The van der Waals surface area contributed by atoms with Crippen molar-refractivity contribution in [3.63, 3.8) is 0 Å². The molecular formula is C21H30N4O3. The number of carbonyl (C=O) groups is 3. The van der Waals surface area contributed by atoms with Crippen LogP contribution in [0.4, 0.5) is 16.2 Å². The maximum absolute atomic E-state index is 12.9. The third-order valence-electron chi connectivity index (χ3n) is 5.52. The zero-order valence-electron chi connectivity index (χ0n) is 16.8. The van der Waals surface area contributed by atoms with E-state index in [-0.39, 0.29) is 18.4 Å². The van der Waals surface area contributed by atoms with Gasteiger partial charge in [-0.1, -0.05) is 26.7 Å². The van der Waals surface area contributed by atoms with Crippen molar-refractivity contribution in [2.75, 3.05) is 29.9 Å². The third-order valence-corrected chi connectivity index (χ3v) is 5.52. The molecule has 28 heavy (non-hydrogen) atoms. The van der Waals surface area contributed by atoms with Crippen molar-refractivity contribution in [1.82, 2.24) is 10.2 Å². The molecule has 0 aliphatic carbocycles. The quantitative estimate of drug-likeness (QED) is 0.673. The predicted molar refractivity (Wildman–Crippen MR) is 109 cm³/mol. The summed E-state index contributed by atoms with van der Waals surface area (Å²) in [6.45, 7) is 5.83. The van der Waals surface area contributed by atoms with Crippen molar-refractivity contribution in [2.45, 2.75) is 57.9 Å². The average Bonchev–Trinajstić information content (AvgIpc) is 3.27. The average molecular weight is 386 g/mol. The summed E-state index contributed by atoms with van der Waals surface area (Å²) in [5, 5.41) is 5.62. The first kappa shape index (κ1) is 20.2. The van der Waals surface area contributed by atoms with E-state index in [1.807, 2.05) is 38.1 Å². The topological polar surface area (TPSA) is 81.8 Å². The summed E-state index contributed by atoms with van der Waals surface area (Å²) < 4.78 is 0. The maximum Gasteiger partial charge on any atom is 0.325 e. The molecule has 2 aliphatic heterocycles. The number of nitrogens with zero attached hydrogens (tertiary/aromatic N) is 2. The molecule has 2 N–H and O–H groups in total. The van der Waals surface area contributed by atoms with Crippen LogP contribution in [0.3, 0.4) is 0 Å². The number of imide groups is 1. The van der Waals surface area contributed by atoms with Crippen LogP contribution in [0.5, 0.6) is 0 Å². The zero-order valence-corrected chi connectivity index (χ0v) is 16.8. The highest BCUT2D eigenvalue weighted by atomic mass is 16.2. The SMILES string of the molecule is CCCC1(CCC)NC(=O)N(CC(=O)Nc2ccc(N3CCCC3)cc2)C1=O. The Morgan fingerprint density at radius 2 is 1.68 bits per heavy atom. The Labute approximate surface area is 166 Å². The van der Waals surface area contributed by atoms with Crippen LogP contribution in [0.1, 0.15) is 52.4 Å². The maximum atomic E-state index is 12.9. The molecule has 0 unspecified atom stereocenters. The van der Waals surface area contributed by atoms with Gasteiger partial charge in [-0.05, 0) is 49.9 Å². The Morgan fingerprint density at radius 1 is 1.07 bits per heavy atom. The van der Waals surface area contributed by atoms with Gasteiger partial charge in [-0.2, -0.15) is 0 Å². The molecule has 2 heterocycles. The number of benzene rings is 1. The fourth-order valence-electron chi connectivity index (χ4n) is 4.21. The summed E-state index contributed by atoms with van der Waals surface area (Å²) in [6.07, 6.45) is 5.16. The number of hydrogen-bond donors (Lipinski definition) is 2. The van der Waals surface area contributed by atoms with Gasteiger partial charge in [-0.25, -0.2) is 4.79 Å². The predicted octanol–water partition coefficient (Wildman–Crippen LogP) is 3.12. The van der Waals surface area contributed by atoms with Crippen molar-refractivity contribution in [3.8, 4) is 0 Å². The van der Waals surface area contributed by atoms with E-state index in [1.165, 1.54) is 12.8 Å². The summed E-state index contributed by atoms with van der Waals surface area (Å²) in [7, 11) is 0. The first-order chi connectivity index (χ1) is 13.5. The van der Waals surface area contributed by atoms with E-state index >= 15 is 0 Å². The van der Waals surface area contributed by atoms with Gasteiger partial charge in [0.1, 0.15) is 12.1 Å². The van der Waals surface area contributed by atoms with Gasteiger partial charge in [-0.15, -0.1) is 0 Å². The monoisotopic (exact) mass is 386 g/mol. The standard InChI is InChI=1S/C21H30N4O3/c1-3-11-21(12-4-2)19(27)25(20(28)23-21)15-18(26)22-16-7-9-17(10-8-16)24-13-5-6-14-24/h7-10H,3-6,11-15H2,1-2H3,(H,22,26)(H,23,28). The fraction of sp³-hybridized carbons (Fsp3) is 0.571. The second kappa shape index (κ2) is 8.63. The van der Waals surface area contributed by atoms with Gasteiger partial charge < -0.3 is 15.5 Å². The number of carbonyl (C=O) groups excluding carboxylic acids is 3. The molecular weight excluding hydrogens is 356 g/mol. The van der Waals surface area contributed by atoms with Crippen LogP contribution in [0, 0.1) is 0 Å². The van der Waals surface area contributed by atoms with Crippen LogP contribution in [0.15, 0.2) is 24.3 Å². The van der Waals surface area contributed by atoms with Crippen molar-refractivity contribution in [3.05, 3.63) is 24.3 Å². The highest BCUT2D eigenvalue weighted by Crippen LogP contribution is 2.28. The fourth-order valence-corrected chi connectivity index (χ4v) is 4.21. The zero-order chi connectivity index (χ0) is 20.1. The van der Waals surface area contributed by atoms with Crippen LogP contribution in [-0.2, 0) is 9.59 Å². The molecule has 2 saturated heterocycles. The highest BCUT2D eigenvalue weighted by Gasteiger charge is 2.50. The Kier molecular flexibility index (Phi) is 6.21. The molecule has 2 aliphatic rings. The molecule has 2 fully saturated rings. The molecule has 0 radical (unpaired) electrons. The minimum absolute atomic E-state index is 0.270. The molecule has 152 valence electrons. The van der Waals surface area contributed by atoms with E-state index in [2.05, 4.69) is 15.5 Å². The molecule has 0 saturated carbocycles. The largest absolute Gasteiger partial charge is 0.372 e. The second-order valence-electron chi connectivity index (χ2n) is 7.69. The van der Waals surface area contributed by atoms with Crippen LogP contribution >= 0.6 is 0 Å². The van der Waals surface area contributed by atoms with Gasteiger partial charge in [0.25, 0.3) is 5.91 Å². The van der Waals surface area contributed by atoms with Crippen LogP contribution < -0.4 is 15.5 Å². The molecule has 0 bridgehead atoms. The van der Waals surface area contributed by atoms with Gasteiger partial charge in [0.05, 0.1) is 0 Å². The van der Waals surface area contributed by atoms with Crippen molar-refractivity contribution >= 4 is 29.2 Å². The number of rotatable bonds is 8. The Morgan fingerprint density at radius 3 is 2.25 bits per heavy atom. The van der Waals surface area contributed by atoms with Crippen LogP contribution in [0.25, 0.3) is 0 Å². The Balaban J connectivity index is 1.61. The molecule has 0 spiro atoms. The van der Waals surface area contributed by atoms with Gasteiger partial charge in [0, 0.05) is 24.5 Å². The summed E-state index contributed by atoms with van der Waals surface area (Å²) in [4.78, 5) is 41.0. The van der Waals surface area contributed by atoms with Crippen molar-refractivity contribution in [1.29, 1.82) is 0 Å². The number of anilines is 2. The van der Waals surface area contributed by atoms with Gasteiger partial charge in [0.15, 0.2) is 0 Å². The molecule has 0 aromatic heterocycles. The Bertz CT molecular complexity index is 720. The molecule has 1 aromatic rings. The summed E-state index contributed by atoms with van der Waals surface area (Å²) in [5.41, 5.74) is 0.944. The first-order valence-corrected chi connectivity index (χ1v) is 10.3. The third kappa shape index (κ3) is 4.13. The van der Waals surface area contributed by atoms with Gasteiger partial charge in [0.2, 0.25) is 5.91 Å². The van der Waals surface area contributed by atoms with Crippen LogP contribution in [0.2, 0.25) is 0 Å². The summed E-state index contributed by atoms with van der Waals surface area (Å²) in [6, 6.07) is 7.21. The molecule has 7 heteroatoms. The van der Waals surface area contributed by atoms with Crippen molar-refractivity contribution in [2.24, 2.45) is 0 Å². The first-order valence-electron chi connectivity index (χ1n) is 10.3. The Hall–Kier alpha value is -2.57. The van der Waals surface area contributed by atoms with E-state index in [0.717, 1.165) is 36.5 Å². The lowest BCUT2D eigenvalue weighted by molar-refractivity contribution is -0.134. The molecule has 4 amide bonds. The number of hydrogen-bond acceptors (Lipinski definition) is 4. The van der Waals surface area contributed by atoms with E-state index in [1.54, 1.807) is 0 Å². The second-order valence-corrected chi connectivity index (χ2v) is 7.69. The number of amides is 4. The van der Waals surface area contributed by atoms with E-state index < -0.39 is 11.6 Å². The minimum Gasteiger partial charge on any atom is -0.372 e. The van der Waals surface area contributed by atoms with Crippen LogP contribution in [-0.4, -0.2) is 47.9 Å². The van der Waals surface area contributed by atoms with E-state index in [9.17, 15) is 14.4 Å². The summed E-state index contributed by atoms with van der Waals surface area (Å²) in [5.74, 6) is -0.665. The summed E-state index contributed by atoms with van der Waals surface area (Å²) >= 11 is 0. The van der Waals surface area contributed by atoms with E-state index in [4.69, 9.17) is 0 Å². The lowest BCUT2D eigenvalue weighted by Gasteiger charge is -2.25. The van der Waals surface area contributed by atoms with E-state index in [0.29, 0.717) is 18.5 Å².